The highest BCUT2D eigenvalue weighted by Crippen LogP contribution is 2.38. The maximum atomic E-state index is 14.3. The summed E-state index contributed by atoms with van der Waals surface area (Å²) in [4.78, 5) is 56.6. The quantitative estimate of drug-likeness (QED) is 0.197. The molecule has 2 aromatic rings. The van der Waals surface area contributed by atoms with Crippen molar-refractivity contribution in [2.45, 2.75) is 84.2 Å². The summed E-state index contributed by atoms with van der Waals surface area (Å²) in [6.07, 6.45) is 4.58. The predicted octanol–water partition coefficient (Wildman–Crippen LogP) is 1.95. The molecular formula is C32H43N6O6+. The number of benzene rings is 1. The highest BCUT2D eigenvalue weighted by atomic mass is 16.6. The molecule has 1 N–H and O–H groups in total. The Morgan fingerprint density at radius 3 is 2.45 bits per heavy atom. The number of esters is 1. The SMILES string of the molecule is CC[NH+]=CN(C=O)c1ccc(-c2nc(N3CC4CCC(C3)O4)nc3c2C(=O)N(CCC(=O)OC(C)(C)C)CC(C)(C)O3)cc1. The Labute approximate surface area is 258 Å². The second-order valence-electron chi connectivity index (χ2n) is 13.1. The average molecular weight is 608 g/mol. The molecule has 0 spiro atoms. The molecule has 0 aliphatic carbocycles. The average Bonchev–Trinajstić information content (AvgIpc) is 3.26. The highest BCUT2D eigenvalue weighted by Gasteiger charge is 2.40. The lowest BCUT2D eigenvalue weighted by molar-refractivity contribution is -0.447. The molecule has 44 heavy (non-hydrogen) atoms. The van der Waals surface area contributed by atoms with Crippen LogP contribution < -0.4 is 19.5 Å². The Morgan fingerprint density at radius 1 is 1.16 bits per heavy atom. The molecule has 3 aliphatic rings. The van der Waals surface area contributed by atoms with Crippen molar-refractivity contribution in [3.8, 4) is 17.1 Å². The van der Waals surface area contributed by atoms with E-state index in [0.29, 0.717) is 42.5 Å². The number of nitrogens with one attached hydrogen (secondary N) is 1. The van der Waals surface area contributed by atoms with Gasteiger partial charge in [0, 0.05) is 25.2 Å². The van der Waals surface area contributed by atoms with Gasteiger partial charge in [-0.25, -0.2) is 4.98 Å². The first-order valence-electron chi connectivity index (χ1n) is 15.3. The zero-order valence-corrected chi connectivity index (χ0v) is 26.5. The molecule has 12 nitrogen and oxygen atoms in total. The van der Waals surface area contributed by atoms with Crippen LogP contribution in [0.1, 0.15) is 71.2 Å². The summed E-state index contributed by atoms with van der Waals surface area (Å²) >= 11 is 0. The van der Waals surface area contributed by atoms with Crippen LogP contribution in [0.3, 0.4) is 0 Å². The summed E-state index contributed by atoms with van der Waals surface area (Å²) in [6, 6.07) is 7.25. The second-order valence-corrected chi connectivity index (χ2v) is 13.1. The number of nitrogens with zero attached hydrogens (tertiary/aromatic N) is 5. The van der Waals surface area contributed by atoms with Crippen molar-refractivity contribution in [3.63, 3.8) is 0 Å². The molecule has 2 saturated heterocycles. The van der Waals surface area contributed by atoms with Gasteiger partial charge in [0.25, 0.3) is 5.91 Å². The van der Waals surface area contributed by atoms with E-state index < -0.39 is 11.2 Å². The van der Waals surface area contributed by atoms with Crippen molar-refractivity contribution < 1.29 is 33.6 Å². The number of hydrogen-bond acceptors (Lipinski definition) is 9. The summed E-state index contributed by atoms with van der Waals surface area (Å²) in [5, 5.41) is 0. The molecule has 0 radical (unpaired) electrons. The van der Waals surface area contributed by atoms with Crippen LogP contribution in [0.5, 0.6) is 5.88 Å². The highest BCUT2D eigenvalue weighted by molar-refractivity contribution is 6.03. The standard InChI is InChI=1S/C32H42N6O6/c1-7-33-19-38(20-39)22-10-8-21(9-11-22)27-26-28(35-30(34-27)37-16-23-12-13-24(17-37)42-23)44-32(5,6)18-36(29(26)41)15-14-25(40)43-31(2,3)4/h8-11,19-20,23-24H,7,12-18H2,1-6H3/p+1. The number of carbonyl (C=O) groups is 3. The molecule has 236 valence electrons. The Balaban J connectivity index is 1.55. The molecule has 1 aromatic heterocycles. The zero-order chi connectivity index (χ0) is 31.6. The van der Waals surface area contributed by atoms with E-state index in [1.807, 2.05) is 53.7 Å². The van der Waals surface area contributed by atoms with Crippen molar-refractivity contribution in [1.29, 1.82) is 0 Å². The fourth-order valence-corrected chi connectivity index (χ4v) is 5.75. The number of ether oxygens (including phenoxy) is 3. The Hall–Kier alpha value is -4.06. The van der Waals surface area contributed by atoms with Crippen LogP contribution in [0.25, 0.3) is 11.3 Å². The lowest BCUT2D eigenvalue weighted by atomic mass is 10.0. The first-order valence-corrected chi connectivity index (χ1v) is 15.3. The van der Waals surface area contributed by atoms with Gasteiger partial charge >= 0.3 is 12.4 Å². The number of aromatic nitrogens is 2. The lowest BCUT2D eigenvalue weighted by Crippen LogP contribution is -2.70. The number of carbonyl (C=O) groups excluding carboxylic acids is 3. The van der Waals surface area contributed by atoms with Crippen LogP contribution in [0.4, 0.5) is 11.6 Å². The third kappa shape index (κ3) is 7.18. The van der Waals surface area contributed by atoms with Gasteiger partial charge in [-0.3, -0.25) is 19.4 Å². The van der Waals surface area contributed by atoms with Gasteiger partial charge in [-0.15, -0.1) is 0 Å². The van der Waals surface area contributed by atoms with Gasteiger partial charge < -0.3 is 24.0 Å². The summed E-state index contributed by atoms with van der Waals surface area (Å²) in [6.45, 7) is 13.6. The maximum absolute atomic E-state index is 14.3. The lowest BCUT2D eigenvalue weighted by Gasteiger charge is -2.33. The third-order valence-corrected chi connectivity index (χ3v) is 7.63. The van der Waals surface area contributed by atoms with Crippen LogP contribution in [0.2, 0.25) is 0 Å². The van der Waals surface area contributed by atoms with Gasteiger partial charge in [0.1, 0.15) is 22.5 Å². The van der Waals surface area contributed by atoms with Crippen LogP contribution in [-0.4, -0.2) is 95.6 Å². The van der Waals surface area contributed by atoms with E-state index in [0.717, 1.165) is 19.3 Å². The molecule has 0 saturated carbocycles. The number of fused-ring (bicyclic) bond motifs is 3. The van der Waals surface area contributed by atoms with Gasteiger partial charge in [-0.2, -0.15) is 9.88 Å². The van der Waals surface area contributed by atoms with E-state index in [1.54, 1.807) is 23.4 Å². The van der Waals surface area contributed by atoms with Crippen molar-refractivity contribution in [2.24, 2.45) is 0 Å². The van der Waals surface area contributed by atoms with Crippen molar-refractivity contribution in [2.75, 3.05) is 42.5 Å². The predicted molar refractivity (Wildman–Crippen MR) is 165 cm³/mol. The van der Waals surface area contributed by atoms with Gasteiger partial charge in [-0.1, -0.05) is 0 Å². The topological polar surface area (TPSA) is 128 Å². The van der Waals surface area contributed by atoms with E-state index in [-0.39, 0.29) is 55.0 Å². The molecular weight excluding hydrogens is 564 g/mol. The van der Waals surface area contributed by atoms with E-state index in [2.05, 4.69) is 9.89 Å². The Morgan fingerprint density at radius 2 is 1.84 bits per heavy atom. The van der Waals surface area contributed by atoms with Gasteiger partial charge in [0.15, 0.2) is 0 Å². The van der Waals surface area contributed by atoms with E-state index in [4.69, 9.17) is 24.2 Å². The third-order valence-electron chi connectivity index (χ3n) is 7.63. The normalized spacial score (nSPS) is 21.1. The molecule has 5 rings (SSSR count). The van der Waals surface area contributed by atoms with Gasteiger partial charge in [0.05, 0.1) is 37.4 Å². The van der Waals surface area contributed by atoms with Crippen molar-refractivity contribution in [1.82, 2.24) is 14.9 Å². The van der Waals surface area contributed by atoms with E-state index >= 15 is 0 Å². The number of morpholine rings is 1. The molecule has 2 unspecified atom stereocenters. The molecule has 2 fully saturated rings. The van der Waals surface area contributed by atoms with Gasteiger partial charge in [0.2, 0.25) is 18.2 Å². The van der Waals surface area contributed by atoms with Crippen LogP contribution >= 0.6 is 0 Å². The van der Waals surface area contributed by atoms with E-state index in [1.165, 1.54) is 4.90 Å². The van der Waals surface area contributed by atoms with Crippen LogP contribution in [-0.2, 0) is 19.1 Å². The van der Waals surface area contributed by atoms with Gasteiger partial charge in [-0.05, 0) is 78.6 Å². The molecule has 2 bridgehead atoms. The fourth-order valence-electron chi connectivity index (χ4n) is 5.75. The molecule has 4 heterocycles. The fraction of sp³-hybridized carbons (Fsp3) is 0.562. The molecule has 2 amide bonds. The minimum absolute atomic E-state index is 0.0395. The summed E-state index contributed by atoms with van der Waals surface area (Å²) < 4.78 is 18.0. The van der Waals surface area contributed by atoms with Crippen molar-refractivity contribution >= 4 is 36.3 Å². The number of amides is 2. The van der Waals surface area contributed by atoms with Crippen LogP contribution in [0, 0.1) is 0 Å². The molecule has 1 aromatic carbocycles. The summed E-state index contributed by atoms with van der Waals surface area (Å²) in [5.74, 6) is -0.0229. The first kappa shape index (κ1) is 31.4. The molecule has 2 atom stereocenters. The monoisotopic (exact) mass is 607 g/mol. The minimum atomic E-state index is -0.793. The smallest absolute Gasteiger partial charge is 0.308 e. The zero-order valence-electron chi connectivity index (χ0n) is 26.5. The second kappa shape index (κ2) is 12.5. The van der Waals surface area contributed by atoms with E-state index in [9.17, 15) is 14.4 Å². The largest absolute Gasteiger partial charge is 0.469 e. The minimum Gasteiger partial charge on any atom is -0.469 e. The number of hydrogen-bond donors (Lipinski definition) is 1. The maximum Gasteiger partial charge on any atom is 0.308 e. The van der Waals surface area contributed by atoms with Crippen molar-refractivity contribution in [3.05, 3.63) is 29.8 Å². The Bertz CT molecular complexity index is 1410. The summed E-state index contributed by atoms with van der Waals surface area (Å²) in [5.41, 5.74) is 0.562. The van der Waals surface area contributed by atoms with Crippen LogP contribution in [0.15, 0.2) is 24.3 Å². The number of anilines is 2. The number of rotatable bonds is 9. The first-order chi connectivity index (χ1) is 20.9. The molecule has 3 aliphatic heterocycles. The summed E-state index contributed by atoms with van der Waals surface area (Å²) in [7, 11) is 0. The molecule has 12 heteroatoms. The Kier molecular flexibility index (Phi) is 8.92.